The number of amides is 1. The number of sulfonamides is 1. The molecule has 0 saturated carbocycles. The van der Waals surface area contributed by atoms with Gasteiger partial charge in [0.15, 0.2) is 0 Å². The van der Waals surface area contributed by atoms with Gasteiger partial charge in [-0.05, 0) is 50.8 Å². The number of carbonyl (C=O) groups excluding carboxylic acids is 1. The zero-order valence-corrected chi connectivity index (χ0v) is 16.3. The minimum absolute atomic E-state index is 0.248. The maximum absolute atomic E-state index is 12.9. The van der Waals surface area contributed by atoms with Gasteiger partial charge in [0.25, 0.3) is 5.91 Å². The molecule has 1 aliphatic rings. The normalized spacial score (nSPS) is 16.8. The molecule has 1 heterocycles. The molecule has 1 N–H and O–H groups in total. The summed E-state index contributed by atoms with van der Waals surface area (Å²) in [5, 5.41) is 2.74. The number of nitrogens with one attached hydrogen (secondary N) is 1. The monoisotopic (exact) mass is 380 g/mol. The number of ether oxygens (including phenoxy) is 1. The molecule has 1 aromatic rings. The van der Waals surface area contributed by atoms with Crippen LogP contribution in [0.3, 0.4) is 0 Å². The van der Waals surface area contributed by atoms with E-state index in [-0.39, 0.29) is 10.8 Å². The molecule has 0 bridgehead atoms. The van der Waals surface area contributed by atoms with Gasteiger partial charge in [0.1, 0.15) is 6.10 Å². The van der Waals surface area contributed by atoms with Crippen molar-refractivity contribution in [3.05, 3.63) is 36.4 Å². The lowest BCUT2D eigenvalue weighted by molar-refractivity contribution is -0.126. The average molecular weight is 381 g/mol. The second-order valence-electron chi connectivity index (χ2n) is 6.52. The van der Waals surface area contributed by atoms with Crippen LogP contribution in [-0.2, 0) is 19.6 Å². The average Bonchev–Trinajstić information content (AvgIpc) is 2.64. The highest BCUT2D eigenvalue weighted by Gasteiger charge is 2.27. The smallest absolute Gasteiger partial charge is 0.253 e. The van der Waals surface area contributed by atoms with E-state index in [9.17, 15) is 13.2 Å². The van der Waals surface area contributed by atoms with Crippen molar-refractivity contribution in [3.63, 3.8) is 0 Å². The molecule has 2 rings (SSSR count). The van der Waals surface area contributed by atoms with E-state index in [0.29, 0.717) is 37.4 Å². The first kappa shape index (κ1) is 20.6. The van der Waals surface area contributed by atoms with Gasteiger partial charge in [-0.2, -0.15) is 4.31 Å². The first-order valence-electron chi connectivity index (χ1n) is 9.00. The third-order valence-corrected chi connectivity index (χ3v) is 6.49. The van der Waals surface area contributed by atoms with Gasteiger partial charge in [-0.1, -0.05) is 18.6 Å². The lowest BCUT2D eigenvalue weighted by atomic mass is 10.2. The van der Waals surface area contributed by atoms with E-state index in [1.807, 2.05) is 0 Å². The molecule has 0 aliphatic carbocycles. The summed E-state index contributed by atoms with van der Waals surface area (Å²) >= 11 is 0. The van der Waals surface area contributed by atoms with Crippen LogP contribution in [0.25, 0.3) is 0 Å². The standard InChI is InChI=1S/C19H28N2O4S/c1-4-5-13-25-16(3)19(22)20-17-10-9-15(2)18(14-17)26(23,24)21-11-7-6-8-12-21/h4,9-10,14,16H,1,5-8,11-13H2,2-3H3,(H,20,22). The van der Waals surface area contributed by atoms with E-state index >= 15 is 0 Å². The molecule has 1 aliphatic heterocycles. The number of piperidine rings is 1. The van der Waals surface area contributed by atoms with Gasteiger partial charge in [0, 0.05) is 18.8 Å². The highest BCUT2D eigenvalue weighted by molar-refractivity contribution is 7.89. The summed E-state index contributed by atoms with van der Waals surface area (Å²) in [4.78, 5) is 12.5. The fourth-order valence-electron chi connectivity index (χ4n) is 2.85. The number of nitrogens with zero attached hydrogens (tertiary/aromatic N) is 1. The Morgan fingerprint density at radius 3 is 2.69 bits per heavy atom. The van der Waals surface area contributed by atoms with Crippen LogP contribution < -0.4 is 5.32 Å². The molecule has 1 unspecified atom stereocenters. The molecule has 1 aromatic carbocycles. The minimum atomic E-state index is -3.55. The number of hydrogen-bond acceptors (Lipinski definition) is 4. The second kappa shape index (κ2) is 9.30. The molecular weight excluding hydrogens is 352 g/mol. The highest BCUT2D eigenvalue weighted by atomic mass is 32.2. The fraction of sp³-hybridized carbons (Fsp3) is 0.526. The molecule has 7 heteroatoms. The summed E-state index contributed by atoms with van der Waals surface area (Å²) in [5.74, 6) is -0.306. The van der Waals surface area contributed by atoms with Gasteiger partial charge in [-0.25, -0.2) is 8.42 Å². The van der Waals surface area contributed by atoms with E-state index in [2.05, 4.69) is 11.9 Å². The summed E-state index contributed by atoms with van der Waals surface area (Å²) in [5.41, 5.74) is 1.12. The lowest BCUT2D eigenvalue weighted by Gasteiger charge is -2.26. The third-order valence-electron chi connectivity index (χ3n) is 4.45. The van der Waals surface area contributed by atoms with Gasteiger partial charge < -0.3 is 10.1 Å². The minimum Gasteiger partial charge on any atom is -0.368 e. The molecular formula is C19H28N2O4S. The van der Waals surface area contributed by atoms with Gasteiger partial charge in [0.2, 0.25) is 10.0 Å². The number of carbonyl (C=O) groups is 1. The summed E-state index contributed by atoms with van der Waals surface area (Å²) < 4.78 is 32.8. The topological polar surface area (TPSA) is 75.7 Å². The Hall–Kier alpha value is -1.70. The zero-order chi connectivity index (χ0) is 19.2. The molecule has 1 fully saturated rings. The van der Waals surface area contributed by atoms with Gasteiger partial charge in [0.05, 0.1) is 11.5 Å². The maximum Gasteiger partial charge on any atom is 0.253 e. The summed E-state index contributed by atoms with van der Waals surface area (Å²) in [6.45, 7) is 8.55. The van der Waals surface area contributed by atoms with Crippen LogP contribution in [0.4, 0.5) is 5.69 Å². The van der Waals surface area contributed by atoms with Gasteiger partial charge in [-0.3, -0.25) is 4.79 Å². The Balaban J connectivity index is 2.13. The molecule has 6 nitrogen and oxygen atoms in total. The quantitative estimate of drug-likeness (QED) is 0.555. The van der Waals surface area contributed by atoms with Crippen LogP contribution in [0.15, 0.2) is 35.7 Å². The predicted molar refractivity (Wildman–Crippen MR) is 103 cm³/mol. The second-order valence-corrected chi connectivity index (χ2v) is 8.43. The molecule has 1 amide bonds. The number of anilines is 1. The Bertz CT molecular complexity index is 740. The SMILES string of the molecule is C=CCCOC(C)C(=O)Nc1ccc(C)c(S(=O)(=O)N2CCCCC2)c1. The van der Waals surface area contributed by atoms with Crippen molar-refractivity contribution in [2.45, 2.75) is 50.5 Å². The Morgan fingerprint density at radius 1 is 1.35 bits per heavy atom. The molecule has 26 heavy (non-hydrogen) atoms. The third kappa shape index (κ3) is 5.16. The van der Waals surface area contributed by atoms with Crippen molar-refractivity contribution < 1.29 is 17.9 Å². The largest absolute Gasteiger partial charge is 0.368 e. The van der Waals surface area contributed by atoms with Crippen LogP contribution in [0, 0.1) is 6.92 Å². The Kier molecular flexibility index (Phi) is 7.37. The van der Waals surface area contributed by atoms with Crippen molar-refractivity contribution in [2.75, 3.05) is 25.0 Å². The number of hydrogen-bond donors (Lipinski definition) is 1. The van der Waals surface area contributed by atoms with Crippen molar-refractivity contribution >= 4 is 21.6 Å². The van der Waals surface area contributed by atoms with Gasteiger partial charge in [-0.15, -0.1) is 6.58 Å². The molecule has 1 atom stereocenters. The van der Waals surface area contributed by atoms with Crippen molar-refractivity contribution in [2.24, 2.45) is 0 Å². The van der Waals surface area contributed by atoms with Crippen LogP contribution in [-0.4, -0.2) is 44.4 Å². The number of aryl methyl sites for hydroxylation is 1. The molecule has 144 valence electrons. The number of benzene rings is 1. The van der Waals surface area contributed by atoms with Crippen LogP contribution in [0.5, 0.6) is 0 Å². The van der Waals surface area contributed by atoms with E-state index in [1.54, 1.807) is 32.1 Å². The molecule has 0 spiro atoms. The van der Waals surface area contributed by atoms with E-state index in [0.717, 1.165) is 19.3 Å². The summed E-state index contributed by atoms with van der Waals surface area (Å²) in [6, 6.07) is 4.96. The van der Waals surface area contributed by atoms with Crippen molar-refractivity contribution in [1.82, 2.24) is 4.31 Å². The summed E-state index contributed by atoms with van der Waals surface area (Å²) in [6.07, 6.45) is 4.59. The first-order valence-corrected chi connectivity index (χ1v) is 10.4. The number of rotatable bonds is 8. The van der Waals surface area contributed by atoms with E-state index in [1.165, 1.54) is 10.4 Å². The predicted octanol–water partition coefficient (Wildman–Crippen LogP) is 3.09. The van der Waals surface area contributed by atoms with Crippen LogP contribution in [0.2, 0.25) is 0 Å². The zero-order valence-electron chi connectivity index (χ0n) is 15.5. The van der Waals surface area contributed by atoms with Crippen molar-refractivity contribution in [3.8, 4) is 0 Å². The Morgan fingerprint density at radius 2 is 2.04 bits per heavy atom. The molecule has 0 radical (unpaired) electrons. The molecule has 0 aromatic heterocycles. The maximum atomic E-state index is 12.9. The van der Waals surface area contributed by atoms with Crippen molar-refractivity contribution in [1.29, 1.82) is 0 Å². The molecule has 1 saturated heterocycles. The van der Waals surface area contributed by atoms with E-state index < -0.39 is 16.1 Å². The summed E-state index contributed by atoms with van der Waals surface area (Å²) in [7, 11) is -3.55. The van der Waals surface area contributed by atoms with E-state index in [4.69, 9.17) is 4.74 Å². The Labute approximate surface area is 156 Å². The van der Waals surface area contributed by atoms with Crippen LogP contribution in [0.1, 0.15) is 38.2 Å². The highest BCUT2D eigenvalue weighted by Crippen LogP contribution is 2.26. The van der Waals surface area contributed by atoms with Crippen LogP contribution >= 0.6 is 0 Å². The first-order chi connectivity index (χ1) is 12.4. The van der Waals surface area contributed by atoms with Gasteiger partial charge >= 0.3 is 0 Å². The fourth-order valence-corrected chi connectivity index (χ4v) is 4.62. The lowest BCUT2D eigenvalue weighted by Crippen LogP contribution is -2.36.